The van der Waals surface area contributed by atoms with Gasteiger partial charge in [-0.05, 0) is 36.8 Å². The van der Waals surface area contributed by atoms with E-state index in [0.29, 0.717) is 12.3 Å². The van der Waals surface area contributed by atoms with Crippen LogP contribution in [0.4, 0.5) is 0 Å². The van der Waals surface area contributed by atoms with Gasteiger partial charge in [0, 0.05) is 18.2 Å². The van der Waals surface area contributed by atoms with Crippen molar-refractivity contribution in [1.82, 2.24) is 10.5 Å². The lowest BCUT2D eigenvalue weighted by molar-refractivity contribution is 0.0942. The van der Waals surface area contributed by atoms with Crippen LogP contribution >= 0.6 is 0 Å². The summed E-state index contributed by atoms with van der Waals surface area (Å²) >= 11 is 0. The number of aromatic nitrogens is 1. The maximum absolute atomic E-state index is 12.4. The summed E-state index contributed by atoms with van der Waals surface area (Å²) in [6, 6.07) is 26.7. The Hall–Kier alpha value is -3.86. The predicted octanol–water partition coefficient (Wildman–Crippen LogP) is 5.37. The monoisotopic (exact) mass is 384 g/mol. The third kappa shape index (κ3) is 4.71. The minimum absolute atomic E-state index is 0.254. The molecule has 1 amide bonds. The van der Waals surface area contributed by atoms with Crippen LogP contribution in [-0.2, 0) is 6.54 Å². The van der Waals surface area contributed by atoms with E-state index in [2.05, 4.69) is 10.5 Å². The minimum Gasteiger partial charge on any atom is -0.457 e. The van der Waals surface area contributed by atoms with Crippen LogP contribution in [0.15, 0.2) is 89.5 Å². The van der Waals surface area contributed by atoms with Crippen LogP contribution in [0.3, 0.4) is 0 Å². The first-order valence-corrected chi connectivity index (χ1v) is 9.31. The molecule has 0 fully saturated rings. The van der Waals surface area contributed by atoms with E-state index in [1.807, 2.05) is 85.8 Å². The zero-order valence-corrected chi connectivity index (χ0v) is 16.0. The Bertz CT molecular complexity index is 1090. The molecule has 4 aromatic rings. The molecule has 0 atom stereocenters. The lowest BCUT2D eigenvalue weighted by atomic mass is 10.1. The van der Waals surface area contributed by atoms with Gasteiger partial charge >= 0.3 is 0 Å². The molecule has 1 aromatic heterocycles. The topological polar surface area (TPSA) is 64.4 Å². The summed E-state index contributed by atoms with van der Waals surface area (Å²) in [5, 5.41) is 6.74. The van der Waals surface area contributed by atoms with Gasteiger partial charge in [0.25, 0.3) is 5.91 Å². The highest BCUT2D eigenvalue weighted by atomic mass is 16.5. The van der Waals surface area contributed by atoms with Gasteiger partial charge in [0.1, 0.15) is 11.5 Å². The Balaban J connectivity index is 1.34. The number of nitrogens with one attached hydrogen (secondary N) is 1. The number of aryl methyl sites for hydroxylation is 1. The minimum atomic E-state index is -0.281. The van der Waals surface area contributed by atoms with Crippen molar-refractivity contribution in [2.45, 2.75) is 13.5 Å². The molecule has 0 saturated heterocycles. The summed E-state index contributed by atoms with van der Waals surface area (Å²) in [5.74, 6) is 1.81. The molecule has 0 aliphatic carbocycles. The average Bonchev–Trinajstić information content (AvgIpc) is 3.25. The Morgan fingerprint density at radius 1 is 0.931 bits per heavy atom. The van der Waals surface area contributed by atoms with E-state index in [1.54, 1.807) is 6.07 Å². The van der Waals surface area contributed by atoms with Gasteiger partial charge in [-0.25, -0.2) is 0 Å². The van der Waals surface area contributed by atoms with Crippen LogP contribution in [0.5, 0.6) is 11.5 Å². The first-order chi connectivity index (χ1) is 14.2. The Kier molecular flexibility index (Phi) is 5.38. The third-order valence-electron chi connectivity index (χ3n) is 4.43. The summed E-state index contributed by atoms with van der Waals surface area (Å²) in [4.78, 5) is 12.4. The summed E-state index contributed by atoms with van der Waals surface area (Å²) < 4.78 is 11.1. The maximum atomic E-state index is 12.4. The molecule has 29 heavy (non-hydrogen) atoms. The van der Waals surface area contributed by atoms with Crippen molar-refractivity contribution >= 4 is 5.91 Å². The van der Waals surface area contributed by atoms with E-state index in [4.69, 9.17) is 9.26 Å². The van der Waals surface area contributed by atoms with Gasteiger partial charge in [-0.1, -0.05) is 65.3 Å². The van der Waals surface area contributed by atoms with Crippen LogP contribution in [0.25, 0.3) is 11.3 Å². The molecule has 3 aromatic carbocycles. The Morgan fingerprint density at radius 2 is 1.62 bits per heavy atom. The molecule has 1 heterocycles. The second-order valence-corrected chi connectivity index (χ2v) is 6.68. The van der Waals surface area contributed by atoms with E-state index >= 15 is 0 Å². The van der Waals surface area contributed by atoms with Gasteiger partial charge in [0.15, 0.2) is 11.5 Å². The SMILES string of the molecule is Cc1ccc(-c2cc(C(=O)NCc3ccc(Oc4ccccc4)cc3)no2)cc1. The van der Waals surface area contributed by atoms with Crippen molar-refractivity contribution in [1.29, 1.82) is 0 Å². The van der Waals surface area contributed by atoms with E-state index in [-0.39, 0.29) is 11.6 Å². The number of hydrogen-bond acceptors (Lipinski definition) is 4. The normalized spacial score (nSPS) is 10.5. The molecular weight excluding hydrogens is 364 g/mol. The summed E-state index contributed by atoms with van der Waals surface area (Å²) in [6.07, 6.45) is 0. The molecule has 0 spiro atoms. The fourth-order valence-corrected chi connectivity index (χ4v) is 2.81. The first kappa shape index (κ1) is 18.5. The molecule has 5 nitrogen and oxygen atoms in total. The molecule has 5 heteroatoms. The van der Waals surface area contributed by atoms with Gasteiger partial charge in [-0.3, -0.25) is 4.79 Å². The quantitative estimate of drug-likeness (QED) is 0.485. The van der Waals surface area contributed by atoms with Gasteiger partial charge < -0.3 is 14.6 Å². The number of nitrogens with zero attached hydrogens (tertiary/aromatic N) is 1. The number of hydrogen-bond donors (Lipinski definition) is 1. The highest BCUT2D eigenvalue weighted by Gasteiger charge is 2.13. The lowest BCUT2D eigenvalue weighted by Gasteiger charge is -2.07. The molecule has 144 valence electrons. The number of benzene rings is 3. The highest BCUT2D eigenvalue weighted by molar-refractivity contribution is 5.93. The molecule has 4 rings (SSSR count). The molecule has 0 radical (unpaired) electrons. The fourth-order valence-electron chi connectivity index (χ4n) is 2.81. The van der Waals surface area contributed by atoms with Crippen molar-refractivity contribution < 1.29 is 14.1 Å². The number of amides is 1. The van der Waals surface area contributed by atoms with Crippen molar-refractivity contribution in [2.24, 2.45) is 0 Å². The third-order valence-corrected chi connectivity index (χ3v) is 4.43. The number of ether oxygens (including phenoxy) is 1. The van der Waals surface area contributed by atoms with E-state index in [0.717, 1.165) is 28.2 Å². The molecule has 0 aliphatic rings. The number of para-hydroxylation sites is 1. The summed E-state index contributed by atoms with van der Waals surface area (Å²) in [6.45, 7) is 2.40. The fraction of sp³-hybridized carbons (Fsp3) is 0.0833. The van der Waals surface area contributed by atoms with Crippen LogP contribution in [0, 0.1) is 6.92 Å². The van der Waals surface area contributed by atoms with Crippen molar-refractivity contribution in [2.75, 3.05) is 0 Å². The first-order valence-electron chi connectivity index (χ1n) is 9.31. The lowest BCUT2D eigenvalue weighted by Crippen LogP contribution is -2.22. The van der Waals surface area contributed by atoms with E-state index in [9.17, 15) is 4.79 Å². The molecule has 0 aliphatic heterocycles. The van der Waals surface area contributed by atoms with E-state index in [1.165, 1.54) is 0 Å². The second kappa shape index (κ2) is 8.44. The van der Waals surface area contributed by atoms with Crippen molar-refractivity contribution in [3.05, 3.63) is 102 Å². The summed E-state index contributed by atoms with van der Waals surface area (Å²) in [7, 11) is 0. The van der Waals surface area contributed by atoms with E-state index < -0.39 is 0 Å². The van der Waals surface area contributed by atoms with Gasteiger partial charge in [0.2, 0.25) is 0 Å². The van der Waals surface area contributed by atoms with Crippen molar-refractivity contribution in [3.8, 4) is 22.8 Å². The number of rotatable bonds is 6. The van der Waals surface area contributed by atoms with Gasteiger partial charge in [0.05, 0.1) is 0 Å². The maximum Gasteiger partial charge on any atom is 0.273 e. The smallest absolute Gasteiger partial charge is 0.273 e. The van der Waals surface area contributed by atoms with Crippen LogP contribution in [-0.4, -0.2) is 11.1 Å². The zero-order chi connectivity index (χ0) is 20.1. The standard InChI is InChI=1S/C24H20N2O3/c1-17-7-11-19(12-8-17)23-15-22(26-29-23)24(27)25-16-18-9-13-21(14-10-18)28-20-5-3-2-4-6-20/h2-15H,16H2,1H3,(H,25,27). The predicted molar refractivity (Wildman–Crippen MR) is 111 cm³/mol. The highest BCUT2D eigenvalue weighted by Crippen LogP contribution is 2.22. The average molecular weight is 384 g/mol. The van der Waals surface area contributed by atoms with Gasteiger partial charge in [-0.2, -0.15) is 0 Å². The van der Waals surface area contributed by atoms with Crippen LogP contribution in [0.2, 0.25) is 0 Å². The Labute approximate surface area is 168 Å². The van der Waals surface area contributed by atoms with Crippen LogP contribution in [0.1, 0.15) is 21.6 Å². The molecular formula is C24H20N2O3. The molecule has 1 N–H and O–H groups in total. The van der Waals surface area contributed by atoms with Crippen LogP contribution < -0.4 is 10.1 Å². The largest absolute Gasteiger partial charge is 0.457 e. The van der Waals surface area contributed by atoms with Crippen molar-refractivity contribution in [3.63, 3.8) is 0 Å². The number of carbonyl (C=O) groups is 1. The second-order valence-electron chi connectivity index (χ2n) is 6.68. The zero-order valence-electron chi connectivity index (χ0n) is 16.0. The van der Waals surface area contributed by atoms with Gasteiger partial charge in [-0.15, -0.1) is 0 Å². The number of carbonyl (C=O) groups excluding carboxylic acids is 1. The Morgan fingerprint density at radius 3 is 2.34 bits per heavy atom. The summed E-state index contributed by atoms with van der Waals surface area (Å²) in [5.41, 5.74) is 3.26. The molecule has 0 unspecified atom stereocenters. The molecule has 0 bridgehead atoms. The molecule has 0 saturated carbocycles.